The van der Waals surface area contributed by atoms with Gasteiger partial charge in [-0.05, 0) is 29.9 Å². The Hall–Kier alpha value is -0.560. The number of hydrogen-bond acceptors (Lipinski definition) is 1. The van der Waals surface area contributed by atoms with E-state index in [1.54, 1.807) is 6.20 Å². The molecular weight excluding hydrogens is 194 g/mol. The van der Waals surface area contributed by atoms with Gasteiger partial charge >= 0.3 is 0 Å². The molecule has 1 aromatic rings. The van der Waals surface area contributed by atoms with Gasteiger partial charge in [-0.1, -0.05) is 39.3 Å². The van der Waals surface area contributed by atoms with E-state index in [0.717, 1.165) is 17.1 Å². The quantitative estimate of drug-likeness (QED) is 0.735. The molecule has 0 radical (unpaired) electrons. The Morgan fingerprint density at radius 1 is 1.29 bits per heavy atom. The lowest BCUT2D eigenvalue weighted by molar-refractivity contribution is 0.644. The van der Waals surface area contributed by atoms with Crippen LogP contribution in [0.25, 0.3) is 0 Å². The summed E-state index contributed by atoms with van der Waals surface area (Å²) in [4.78, 5) is 4.31. The Morgan fingerprint density at radius 3 is 2.43 bits per heavy atom. The first kappa shape index (κ1) is 11.5. The molecule has 1 heterocycles. The molecule has 0 bridgehead atoms. The van der Waals surface area contributed by atoms with Crippen LogP contribution < -0.4 is 0 Å². The van der Waals surface area contributed by atoms with Gasteiger partial charge in [-0.2, -0.15) is 0 Å². The van der Waals surface area contributed by atoms with Gasteiger partial charge in [0, 0.05) is 11.9 Å². The van der Waals surface area contributed by atoms with Crippen LogP contribution in [0.4, 0.5) is 0 Å². The van der Waals surface area contributed by atoms with Gasteiger partial charge in [0.25, 0.3) is 0 Å². The van der Waals surface area contributed by atoms with E-state index in [0.29, 0.717) is 11.8 Å². The molecule has 0 saturated heterocycles. The Bertz CT molecular complexity index is 305. The summed E-state index contributed by atoms with van der Waals surface area (Å²) in [6.07, 6.45) is 2.80. The summed E-state index contributed by atoms with van der Waals surface area (Å²) in [5.74, 6) is 1.10. The maximum absolute atomic E-state index is 6.08. The average molecular weight is 212 g/mol. The highest BCUT2D eigenvalue weighted by molar-refractivity contribution is 6.31. The standard InChI is InChI=1S/C12H18ClN/c1-8(2)5-10-6-12(9(3)4)14-7-11(10)13/h6-9H,5H2,1-4H3. The Morgan fingerprint density at radius 2 is 1.93 bits per heavy atom. The van der Waals surface area contributed by atoms with Gasteiger partial charge in [0.1, 0.15) is 0 Å². The van der Waals surface area contributed by atoms with Crippen molar-refractivity contribution in [2.45, 2.75) is 40.0 Å². The normalized spacial score (nSPS) is 11.4. The van der Waals surface area contributed by atoms with Crippen LogP contribution in [-0.2, 0) is 6.42 Å². The van der Waals surface area contributed by atoms with Crippen LogP contribution >= 0.6 is 11.6 Å². The van der Waals surface area contributed by atoms with Crippen molar-refractivity contribution >= 4 is 11.6 Å². The zero-order valence-corrected chi connectivity index (χ0v) is 10.1. The first-order valence-electron chi connectivity index (χ1n) is 5.15. The zero-order chi connectivity index (χ0) is 10.7. The number of nitrogens with zero attached hydrogens (tertiary/aromatic N) is 1. The minimum absolute atomic E-state index is 0.471. The number of halogens is 1. The van der Waals surface area contributed by atoms with Crippen molar-refractivity contribution in [3.8, 4) is 0 Å². The van der Waals surface area contributed by atoms with E-state index in [4.69, 9.17) is 11.6 Å². The van der Waals surface area contributed by atoms with E-state index >= 15 is 0 Å². The van der Waals surface area contributed by atoms with Crippen molar-refractivity contribution < 1.29 is 0 Å². The molecule has 0 spiro atoms. The first-order chi connectivity index (χ1) is 6.50. The molecule has 1 nitrogen and oxygen atoms in total. The molecule has 0 unspecified atom stereocenters. The van der Waals surface area contributed by atoms with Crippen LogP contribution in [0.3, 0.4) is 0 Å². The Balaban J connectivity index is 2.96. The van der Waals surface area contributed by atoms with E-state index in [-0.39, 0.29) is 0 Å². The van der Waals surface area contributed by atoms with Crippen molar-refractivity contribution in [1.82, 2.24) is 4.98 Å². The fourth-order valence-corrected chi connectivity index (χ4v) is 1.59. The molecule has 1 rings (SSSR count). The summed E-state index contributed by atoms with van der Waals surface area (Å²) >= 11 is 6.08. The monoisotopic (exact) mass is 211 g/mol. The van der Waals surface area contributed by atoms with Gasteiger partial charge in [-0.15, -0.1) is 0 Å². The topological polar surface area (TPSA) is 12.9 Å². The molecule has 0 aliphatic carbocycles. The van der Waals surface area contributed by atoms with Crippen LogP contribution in [0.2, 0.25) is 5.02 Å². The van der Waals surface area contributed by atoms with E-state index in [2.05, 4.69) is 38.7 Å². The molecule has 0 N–H and O–H groups in total. The van der Waals surface area contributed by atoms with Gasteiger partial charge in [0.2, 0.25) is 0 Å². The SMILES string of the molecule is CC(C)Cc1cc(C(C)C)ncc1Cl. The fourth-order valence-electron chi connectivity index (χ4n) is 1.41. The minimum atomic E-state index is 0.471. The molecule has 2 heteroatoms. The zero-order valence-electron chi connectivity index (χ0n) is 9.34. The molecular formula is C12H18ClN. The third-order valence-electron chi connectivity index (χ3n) is 2.18. The summed E-state index contributed by atoms with van der Waals surface area (Å²) in [7, 11) is 0. The first-order valence-corrected chi connectivity index (χ1v) is 5.52. The van der Waals surface area contributed by atoms with Crippen molar-refractivity contribution in [1.29, 1.82) is 0 Å². The van der Waals surface area contributed by atoms with Gasteiger partial charge in [0.15, 0.2) is 0 Å². The Kier molecular flexibility index (Phi) is 3.94. The molecule has 0 aromatic carbocycles. The van der Waals surface area contributed by atoms with Gasteiger partial charge in [-0.25, -0.2) is 0 Å². The molecule has 0 amide bonds. The lowest BCUT2D eigenvalue weighted by Gasteiger charge is -2.10. The summed E-state index contributed by atoms with van der Waals surface area (Å²) in [6.45, 7) is 8.70. The lowest BCUT2D eigenvalue weighted by atomic mass is 10.0. The molecule has 0 atom stereocenters. The third kappa shape index (κ3) is 2.98. The number of pyridine rings is 1. The predicted molar refractivity (Wildman–Crippen MR) is 61.9 cm³/mol. The highest BCUT2D eigenvalue weighted by Gasteiger charge is 2.07. The molecule has 0 fully saturated rings. The predicted octanol–water partition coefficient (Wildman–Crippen LogP) is 4.06. The maximum Gasteiger partial charge on any atom is 0.0621 e. The fraction of sp³-hybridized carbons (Fsp3) is 0.583. The van der Waals surface area contributed by atoms with Crippen LogP contribution in [0.1, 0.15) is 44.9 Å². The van der Waals surface area contributed by atoms with Gasteiger partial charge in [-0.3, -0.25) is 4.98 Å². The van der Waals surface area contributed by atoms with Crippen LogP contribution in [0.5, 0.6) is 0 Å². The molecule has 0 aliphatic heterocycles. The maximum atomic E-state index is 6.08. The second-order valence-corrected chi connectivity index (χ2v) is 4.86. The number of hydrogen-bond donors (Lipinski definition) is 0. The summed E-state index contributed by atoms with van der Waals surface area (Å²) in [5, 5.41) is 0.795. The van der Waals surface area contributed by atoms with E-state index in [9.17, 15) is 0 Å². The molecule has 0 aliphatic rings. The average Bonchev–Trinajstić information content (AvgIpc) is 2.07. The van der Waals surface area contributed by atoms with Crippen molar-refractivity contribution in [3.05, 3.63) is 28.5 Å². The number of rotatable bonds is 3. The molecule has 78 valence electrons. The minimum Gasteiger partial charge on any atom is -0.259 e. The van der Waals surface area contributed by atoms with Crippen molar-refractivity contribution in [3.63, 3.8) is 0 Å². The number of aromatic nitrogens is 1. The van der Waals surface area contributed by atoms with Crippen molar-refractivity contribution in [2.24, 2.45) is 5.92 Å². The van der Waals surface area contributed by atoms with E-state index in [1.165, 1.54) is 5.56 Å². The van der Waals surface area contributed by atoms with Crippen LogP contribution in [0, 0.1) is 5.92 Å². The van der Waals surface area contributed by atoms with Gasteiger partial charge < -0.3 is 0 Å². The molecule has 14 heavy (non-hydrogen) atoms. The summed E-state index contributed by atoms with van der Waals surface area (Å²) < 4.78 is 0. The second kappa shape index (κ2) is 4.79. The summed E-state index contributed by atoms with van der Waals surface area (Å²) in [5.41, 5.74) is 2.35. The highest BCUT2D eigenvalue weighted by Crippen LogP contribution is 2.22. The summed E-state index contributed by atoms with van der Waals surface area (Å²) in [6, 6.07) is 2.13. The lowest BCUT2D eigenvalue weighted by Crippen LogP contribution is -1.99. The van der Waals surface area contributed by atoms with E-state index in [1.807, 2.05) is 0 Å². The second-order valence-electron chi connectivity index (χ2n) is 4.45. The van der Waals surface area contributed by atoms with Crippen molar-refractivity contribution in [2.75, 3.05) is 0 Å². The smallest absolute Gasteiger partial charge is 0.0621 e. The molecule has 0 saturated carbocycles. The molecule has 1 aromatic heterocycles. The van der Waals surface area contributed by atoms with E-state index < -0.39 is 0 Å². The van der Waals surface area contributed by atoms with Crippen LogP contribution in [0.15, 0.2) is 12.3 Å². The Labute approximate surface area is 91.5 Å². The largest absolute Gasteiger partial charge is 0.259 e. The van der Waals surface area contributed by atoms with Gasteiger partial charge in [0.05, 0.1) is 5.02 Å². The van der Waals surface area contributed by atoms with Crippen LogP contribution in [-0.4, -0.2) is 4.98 Å². The third-order valence-corrected chi connectivity index (χ3v) is 2.52. The highest BCUT2D eigenvalue weighted by atomic mass is 35.5.